The molecule has 0 radical (unpaired) electrons. The molecule has 1 aliphatic rings. The lowest BCUT2D eigenvalue weighted by atomic mass is 9.68. The molecule has 0 saturated heterocycles. The summed E-state index contributed by atoms with van der Waals surface area (Å²) in [6, 6.07) is 7.78. The maximum absolute atomic E-state index is 12.2. The Balaban J connectivity index is 2.09. The summed E-state index contributed by atoms with van der Waals surface area (Å²) in [6.45, 7) is 2.30. The molecule has 3 rings (SSSR count). The molecular weight excluding hydrogens is 286 g/mol. The van der Waals surface area contributed by atoms with Crippen molar-refractivity contribution in [3.63, 3.8) is 0 Å². The highest BCUT2D eigenvalue weighted by Gasteiger charge is 2.36. The van der Waals surface area contributed by atoms with E-state index in [1.165, 1.54) is 0 Å². The molecule has 110 valence electrons. The summed E-state index contributed by atoms with van der Waals surface area (Å²) < 4.78 is 0. The second kappa shape index (κ2) is 5.28. The average Bonchev–Trinajstić information content (AvgIpc) is 2.47. The van der Waals surface area contributed by atoms with Crippen LogP contribution in [0.15, 0.2) is 29.1 Å². The molecule has 2 aromatic rings. The molecule has 5 heteroatoms. The van der Waals surface area contributed by atoms with E-state index >= 15 is 0 Å². The van der Waals surface area contributed by atoms with Gasteiger partial charge in [-0.15, -0.1) is 0 Å². The first-order chi connectivity index (χ1) is 10.0. The number of benzene rings is 1. The lowest BCUT2D eigenvalue weighted by Crippen LogP contribution is -2.43. The fraction of sp³-hybridized carbons (Fsp3) is 0.375. The quantitative estimate of drug-likeness (QED) is 0.892. The lowest BCUT2D eigenvalue weighted by Gasteiger charge is -2.37. The molecule has 3 N–H and O–H groups in total. The minimum absolute atomic E-state index is 0.138. The van der Waals surface area contributed by atoms with Gasteiger partial charge in [-0.3, -0.25) is 4.79 Å². The summed E-state index contributed by atoms with van der Waals surface area (Å²) in [6.07, 6.45) is 2.32. The Morgan fingerprint density at radius 3 is 3.00 bits per heavy atom. The molecular formula is C16H18ClN3O. The number of fused-ring (bicyclic) bond motifs is 1. The van der Waals surface area contributed by atoms with Crippen molar-refractivity contribution in [2.45, 2.75) is 31.6 Å². The number of nitrogens with one attached hydrogen (secondary N) is 1. The smallest absolute Gasteiger partial charge is 0.276 e. The summed E-state index contributed by atoms with van der Waals surface area (Å²) in [5, 5.41) is 0.696. The van der Waals surface area contributed by atoms with Crippen molar-refractivity contribution in [3.8, 4) is 0 Å². The van der Waals surface area contributed by atoms with Gasteiger partial charge in [0, 0.05) is 28.2 Å². The lowest BCUT2D eigenvalue weighted by molar-refractivity contribution is 0.374. The molecule has 1 unspecified atom stereocenters. The molecule has 0 aliphatic heterocycles. The van der Waals surface area contributed by atoms with Crippen LogP contribution < -0.4 is 11.3 Å². The van der Waals surface area contributed by atoms with Crippen molar-refractivity contribution in [1.29, 1.82) is 0 Å². The number of nitrogens with zero attached hydrogens (tertiary/aromatic N) is 1. The van der Waals surface area contributed by atoms with Gasteiger partial charge < -0.3 is 10.7 Å². The highest BCUT2D eigenvalue weighted by atomic mass is 35.5. The Bertz CT molecular complexity index is 741. The van der Waals surface area contributed by atoms with Crippen LogP contribution in [-0.4, -0.2) is 16.5 Å². The zero-order valence-corrected chi connectivity index (χ0v) is 12.7. The van der Waals surface area contributed by atoms with Crippen LogP contribution in [0.3, 0.4) is 0 Å². The monoisotopic (exact) mass is 303 g/mol. The number of aryl methyl sites for hydroxylation is 2. The van der Waals surface area contributed by atoms with Gasteiger partial charge in [0.25, 0.3) is 5.56 Å². The van der Waals surface area contributed by atoms with Crippen molar-refractivity contribution in [2.75, 3.05) is 6.54 Å². The number of aromatic amines is 1. The summed E-state index contributed by atoms with van der Waals surface area (Å²) in [5.41, 5.74) is 8.57. The van der Waals surface area contributed by atoms with E-state index in [4.69, 9.17) is 17.3 Å². The molecule has 1 heterocycles. The van der Waals surface area contributed by atoms with E-state index in [1.54, 1.807) is 0 Å². The van der Waals surface area contributed by atoms with Crippen LogP contribution in [0.2, 0.25) is 5.02 Å². The fourth-order valence-corrected chi connectivity index (χ4v) is 3.40. The van der Waals surface area contributed by atoms with Gasteiger partial charge in [0.05, 0.1) is 0 Å². The first-order valence-corrected chi connectivity index (χ1v) is 7.47. The number of nitrogens with two attached hydrogens (primary N) is 1. The molecule has 1 atom stereocenters. The molecule has 1 aromatic heterocycles. The van der Waals surface area contributed by atoms with E-state index in [9.17, 15) is 4.79 Å². The zero-order chi connectivity index (χ0) is 15.0. The Morgan fingerprint density at radius 2 is 2.29 bits per heavy atom. The maximum Gasteiger partial charge on any atom is 0.276 e. The Kier molecular flexibility index (Phi) is 3.59. The average molecular weight is 304 g/mol. The number of hydrogen-bond donors (Lipinski definition) is 2. The van der Waals surface area contributed by atoms with Gasteiger partial charge in [-0.05, 0) is 43.9 Å². The predicted molar refractivity (Wildman–Crippen MR) is 83.8 cm³/mol. The third-order valence-corrected chi connectivity index (χ3v) is 4.66. The number of rotatable bonds is 2. The summed E-state index contributed by atoms with van der Waals surface area (Å²) in [7, 11) is 0. The third kappa shape index (κ3) is 2.49. The van der Waals surface area contributed by atoms with Gasteiger partial charge >= 0.3 is 0 Å². The Morgan fingerprint density at radius 1 is 1.48 bits per heavy atom. The van der Waals surface area contributed by atoms with Crippen LogP contribution >= 0.6 is 11.6 Å². The summed E-state index contributed by atoms with van der Waals surface area (Å²) >= 11 is 6.11. The van der Waals surface area contributed by atoms with Crippen molar-refractivity contribution < 1.29 is 0 Å². The molecule has 1 aliphatic carbocycles. The van der Waals surface area contributed by atoms with Crippen LogP contribution in [-0.2, 0) is 18.3 Å². The van der Waals surface area contributed by atoms with Gasteiger partial charge in [0.2, 0.25) is 0 Å². The molecule has 0 saturated carbocycles. The molecule has 0 fully saturated rings. The van der Waals surface area contributed by atoms with E-state index < -0.39 is 0 Å². The van der Waals surface area contributed by atoms with E-state index in [0.29, 0.717) is 23.8 Å². The standard InChI is InChI=1S/C16H18ClN3O/c1-10-19-14-5-6-16(9-18,8-13(14)15(21)20-10)11-3-2-4-12(17)7-11/h2-4,7H,5-6,8-9,18H2,1H3,(H,19,20,21). The minimum Gasteiger partial charge on any atom is -0.347 e. The Hall–Kier alpha value is -1.65. The van der Waals surface area contributed by atoms with Gasteiger partial charge in [-0.1, -0.05) is 23.7 Å². The minimum atomic E-state index is -0.234. The van der Waals surface area contributed by atoms with Crippen molar-refractivity contribution >= 4 is 11.6 Å². The van der Waals surface area contributed by atoms with Crippen LogP contribution in [0, 0.1) is 6.92 Å². The summed E-state index contributed by atoms with van der Waals surface area (Å²) in [4.78, 5) is 19.4. The second-order valence-corrected chi connectivity index (χ2v) is 6.19. The van der Waals surface area contributed by atoms with Crippen LogP contribution in [0.25, 0.3) is 0 Å². The van der Waals surface area contributed by atoms with Crippen molar-refractivity contribution in [2.24, 2.45) is 5.73 Å². The van der Waals surface area contributed by atoms with Crippen molar-refractivity contribution in [3.05, 3.63) is 62.3 Å². The highest BCUT2D eigenvalue weighted by Crippen LogP contribution is 2.37. The second-order valence-electron chi connectivity index (χ2n) is 5.76. The first kappa shape index (κ1) is 14.3. The van der Waals surface area contributed by atoms with Crippen LogP contribution in [0.1, 0.15) is 29.1 Å². The van der Waals surface area contributed by atoms with E-state index in [2.05, 4.69) is 9.97 Å². The predicted octanol–water partition coefficient (Wildman–Crippen LogP) is 2.12. The maximum atomic E-state index is 12.2. The molecule has 0 bridgehead atoms. The number of aromatic nitrogens is 2. The number of halogens is 1. The third-order valence-electron chi connectivity index (χ3n) is 4.42. The van der Waals surface area contributed by atoms with E-state index in [1.807, 2.05) is 31.2 Å². The zero-order valence-electron chi connectivity index (χ0n) is 11.9. The van der Waals surface area contributed by atoms with E-state index in [-0.39, 0.29) is 11.0 Å². The van der Waals surface area contributed by atoms with Crippen LogP contribution in [0.5, 0.6) is 0 Å². The SMILES string of the molecule is Cc1nc(=O)c2c([nH]1)CCC(CN)(c1cccc(Cl)c1)C2. The van der Waals surface area contributed by atoms with Crippen molar-refractivity contribution in [1.82, 2.24) is 9.97 Å². The summed E-state index contributed by atoms with van der Waals surface area (Å²) in [5.74, 6) is 0.668. The van der Waals surface area contributed by atoms with Gasteiger partial charge in [-0.2, -0.15) is 4.98 Å². The number of hydrogen-bond acceptors (Lipinski definition) is 3. The van der Waals surface area contributed by atoms with Gasteiger partial charge in [0.1, 0.15) is 5.82 Å². The molecule has 0 amide bonds. The fourth-order valence-electron chi connectivity index (χ4n) is 3.21. The molecule has 4 nitrogen and oxygen atoms in total. The molecule has 0 spiro atoms. The largest absolute Gasteiger partial charge is 0.347 e. The molecule has 21 heavy (non-hydrogen) atoms. The van der Waals surface area contributed by atoms with Gasteiger partial charge in [-0.25, -0.2) is 0 Å². The van der Waals surface area contributed by atoms with Gasteiger partial charge in [0.15, 0.2) is 0 Å². The molecule has 1 aromatic carbocycles. The van der Waals surface area contributed by atoms with Crippen LogP contribution in [0.4, 0.5) is 0 Å². The highest BCUT2D eigenvalue weighted by molar-refractivity contribution is 6.30. The first-order valence-electron chi connectivity index (χ1n) is 7.09. The number of H-pyrrole nitrogens is 1. The normalized spacial score (nSPS) is 21.1. The Labute approximate surface area is 128 Å². The topological polar surface area (TPSA) is 71.8 Å². The van der Waals surface area contributed by atoms with E-state index in [0.717, 1.165) is 29.7 Å².